The van der Waals surface area contributed by atoms with Gasteiger partial charge in [0.15, 0.2) is 0 Å². The molecule has 0 heterocycles. The highest BCUT2D eigenvalue weighted by molar-refractivity contribution is 5.06. The molecule has 0 atom stereocenters. The number of nitrogens with zero attached hydrogens (tertiary/aromatic N) is 1. The third-order valence-electron chi connectivity index (χ3n) is 2.02. The lowest BCUT2D eigenvalue weighted by Gasteiger charge is -2.11. The van der Waals surface area contributed by atoms with Crippen LogP contribution in [-0.2, 0) is 0 Å². The highest BCUT2D eigenvalue weighted by atomic mass is 15.0. The molecule has 0 radical (unpaired) electrons. The fourth-order valence-electron chi connectivity index (χ4n) is 1.11. The van der Waals surface area contributed by atoms with Crippen LogP contribution in [0.1, 0.15) is 32.6 Å². The summed E-state index contributed by atoms with van der Waals surface area (Å²) in [6, 6.07) is 2.22. The molecule has 0 spiro atoms. The molecule has 1 aliphatic rings. The molecule has 0 aliphatic heterocycles. The average molecular weight is 138 g/mol. The molecule has 2 heteroatoms. The molecule has 1 saturated carbocycles. The average Bonchev–Trinajstić information content (AvgIpc) is 2.67. The van der Waals surface area contributed by atoms with E-state index in [0.717, 1.165) is 13.0 Å². The van der Waals surface area contributed by atoms with Gasteiger partial charge in [0, 0.05) is 5.54 Å². The van der Waals surface area contributed by atoms with E-state index in [2.05, 4.69) is 18.3 Å². The molecule has 10 heavy (non-hydrogen) atoms. The van der Waals surface area contributed by atoms with Gasteiger partial charge in [-0.15, -0.1) is 0 Å². The van der Waals surface area contributed by atoms with Crippen molar-refractivity contribution in [1.82, 2.24) is 5.32 Å². The van der Waals surface area contributed by atoms with E-state index in [4.69, 9.17) is 5.26 Å². The van der Waals surface area contributed by atoms with Crippen LogP contribution in [0.4, 0.5) is 0 Å². The molecular formula is C8H14N2. The summed E-state index contributed by atoms with van der Waals surface area (Å²) in [6.07, 6.45) is 4.24. The van der Waals surface area contributed by atoms with Gasteiger partial charge in [-0.1, -0.05) is 6.92 Å². The summed E-state index contributed by atoms with van der Waals surface area (Å²) in [5.41, 5.74) is 0.241. The van der Waals surface area contributed by atoms with Gasteiger partial charge in [0.1, 0.15) is 0 Å². The first kappa shape index (κ1) is 7.56. The SMILES string of the molecule is CCCNC1(CC#N)CC1. The molecule has 0 saturated heterocycles. The second-order valence-electron chi connectivity index (χ2n) is 3.04. The molecule has 0 aromatic carbocycles. The highest BCUT2D eigenvalue weighted by Gasteiger charge is 2.41. The van der Waals surface area contributed by atoms with Gasteiger partial charge in [-0.25, -0.2) is 0 Å². The van der Waals surface area contributed by atoms with E-state index in [1.807, 2.05) is 0 Å². The fraction of sp³-hybridized carbons (Fsp3) is 0.875. The van der Waals surface area contributed by atoms with Gasteiger partial charge < -0.3 is 5.32 Å². The van der Waals surface area contributed by atoms with Gasteiger partial charge in [-0.2, -0.15) is 5.26 Å². The Bertz CT molecular complexity index is 142. The molecule has 1 rings (SSSR count). The molecule has 1 N–H and O–H groups in total. The first-order valence-corrected chi connectivity index (χ1v) is 3.95. The zero-order valence-electron chi connectivity index (χ0n) is 6.48. The Balaban J connectivity index is 2.18. The zero-order chi connectivity index (χ0) is 7.45. The Morgan fingerprint density at radius 1 is 1.60 bits per heavy atom. The predicted molar refractivity (Wildman–Crippen MR) is 40.5 cm³/mol. The van der Waals surface area contributed by atoms with Gasteiger partial charge in [-0.05, 0) is 25.8 Å². The normalized spacial score (nSPS) is 20.0. The summed E-state index contributed by atoms with van der Waals surface area (Å²) in [6.45, 7) is 3.21. The Kier molecular flexibility index (Phi) is 2.29. The number of rotatable bonds is 4. The first-order valence-electron chi connectivity index (χ1n) is 3.95. The van der Waals surface area contributed by atoms with Crippen molar-refractivity contribution in [2.24, 2.45) is 0 Å². The van der Waals surface area contributed by atoms with E-state index < -0.39 is 0 Å². The van der Waals surface area contributed by atoms with E-state index in [0.29, 0.717) is 6.42 Å². The predicted octanol–water partition coefficient (Wildman–Crippen LogP) is 1.43. The summed E-state index contributed by atoms with van der Waals surface area (Å²) in [7, 11) is 0. The van der Waals surface area contributed by atoms with Crippen LogP contribution < -0.4 is 5.32 Å². The molecule has 2 nitrogen and oxygen atoms in total. The van der Waals surface area contributed by atoms with Gasteiger partial charge >= 0.3 is 0 Å². The number of hydrogen-bond donors (Lipinski definition) is 1. The summed E-state index contributed by atoms with van der Waals surface area (Å²) in [5, 5.41) is 11.8. The van der Waals surface area contributed by atoms with Crippen molar-refractivity contribution in [2.45, 2.75) is 38.1 Å². The first-order chi connectivity index (χ1) is 4.83. The van der Waals surface area contributed by atoms with Crippen LogP contribution in [-0.4, -0.2) is 12.1 Å². The van der Waals surface area contributed by atoms with Crippen molar-refractivity contribution in [2.75, 3.05) is 6.54 Å². The van der Waals surface area contributed by atoms with Crippen molar-refractivity contribution in [1.29, 1.82) is 5.26 Å². The minimum absolute atomic E-state index is 0.241. The second kappa shape index (κ2) is 3.03. The Labute approximate surface area is 62.2 Å². The van der Waals surface area contributed by atoms with Crippen LogP contribution in [0.25, 0.3) is 0 Å². The Morgan fingerprint density at radius 2 is 2.30 bits per heavy atom. The summed E-state index contributed by atoms with van der Waals surface area (Å²) in [5.74, 6) is 0. The van der Waals surface area contributed by atoms with Crippen LogP contribution in [0, 0.1) is 11.3 Å². The largest absolute Gasteiger partial charge is 0.310 e. The molecule has 0 unspecified atom stereocenters. The molecule has 1 aliphatic carbocycles. The van der Waals surface area contributed by atoms with Crippen LogP contribution in [0.5, 0.6) is 0 Å². The molecule has 0 amide bonds. The molecule has 0 aromatic rings. The smallest absolute Gasteiger partial charge is 0.0641 e. The monoisotopic (exact) mass is 138 g/mol. The van der Waals surface area contributed by atoms with E-state index in [1.54, 1.807) is 0 Å². The van der Waals surface area contributed by atoms with E-state index in [9.17, 15) is 0 Å². The lowest BCUT2D eigenvalue weighted by atomic mass is 10.2. The lowest BCUT2D eigenvalue weighted by Crippen LogP contribution is -2.31. The Morgan fingerprint density at radius 3 is 2.70 bits per heavy atom. The third kappa shape index (κ3) is 1.71. The number of nitrogens with one attached hydrogen (secondary N) is 1. The Hall–Kier alpha value is -0.550. The van der Waals surface area contributed by atoms with Gasteiger partial charge in [0.05, 0.1) is 12.5 Å². The molecule has 0 bridgehead atoms. The maximum Gasteiger partial charge on any atom is 0.0641 e. The van der Waals surface area contributed by atoms with E-state index >= 15 is 0 Å². The van der Waals surface area contributed by atoms with Gasteiger partial charge in [0.25, 0.3) is 0 Å². The second-order valence-corrected chi connectivity index (χ2v) is 3.04. The maximum absolute atomic E-state index is 8.45. The number of hydrogen-bond acceptors (Lipinski definition) is 2. The van der Waals surface area contributed by atoms with E-state index in [-0.39, 0.29) is 5.54 Å². The zero-order valence-corrected chi connectivity index (χ0v) is 6.48. The van der Waals surface area contributed by atoms with Crippen molar-refractivity contribution in [3.8, 4) is 6.07 Å². The van der Waals surface area contributed by atoms with Crippen molar-refractivity contribution in [3.63, 3.8) is 0 Å². The quantitative estimate of drug-likeness (QED) is 0.638. The summed E-state index contributed by atoms with van der Waals surface area (Å²) >= 11 is 0. The topological polar surface area (TPSA) is 35.8 Å². The molecular weight excluding hydrogens is 124 g/mol. The highest BCUT2D eigenvalue weighted by Crippen LogP contribution is 2.37. The lowest BCUT2D eigenvalue weighted by molar-refractivity contribution is 0.505. The molecule has 1 fully saturated rings. The fourth-order valence-corrected chi connectivity index (χ4v) is 1.11. The van der Waals surface area contributed by atoms with Crippen LogP contribution in [0.2, 0.25) is 0 Å². The minimum atomic E-state index is 0.241. The molecule has 56 valence electrons. The van der Waals surface area contributed by atoms with Crippen LogP contribution in [0.3, 0.4) is 0 Å². The number of nitriles is 1. The molecule has 0 aromatic heterocycles. The standard InChI is InChI=1S/C8H14N2/c1-2-7-10-8(3-4-8)5-6-9/h10H,2-5,7H2,1H3. The third-order valence-corrected chi connectivity index (χ3v) is 2.02. The summed E-state index contributed by atoms with van der Waals surface area (Å²) in [4.78, 5) is 0. The van der Waals surface area contributed by atoms with E-state index in [1.165, 1.54) is 12.8 Å². The van der Waals surface area contributed by atoms with Crippen molar-refractivity contribution < 1.29 is 0 Å². The minimum Gasteiger partial charge on any atom is -0.310 e. The maximum atomic E-state index is 8.45. The summed E-state index contributed by atoms with van der Waals surface area (Å²) < 4.78 is 0. The van der Waals surface area contributed by atoms with Gasteiger partial charge in [-0.3, -0.25) is 0 Å². The van der Waals surface area contributed by atoms with Crippen molar-refractivity contribution >= 4 is 0 Å². The van der Waals surface area contributed by atoms with Crippen LogP contribution >= 0.6 is 0 Å². The van der Waals surface area contributed by atoms with Crippen LogP contribution in [0.15, 0.2) is 0 Å². The van der Waals surface area contributed by atoms with Gasteiger partial charge in [0.2, 0.25) is 0 Å². The van der Waals surface area contributed by atoms with Crippen molar-refractivity contribution in [3.05, 3.63) is 0 Å².